The Morgan fingerprint density at radius 3 is 2.39 bits per heavy atom. The molecule has 104 valence electrons. The first kappa shape index (κ1) is 13.8. The highest BCUT2D eigenvalue weighted by atomic mass is 16.3. The second kappa shape index (κ2) is 6.02. The molecule has 0 aromatic carbocycles. The van der Waals surface area contributed by atoms with Gasteiger partial charge in [-0.1, -0.05) is 19.3 Å². The van der Waals surface area contributed by atoms with E-state index in [2.05, 4.69) is 5.32 Å². The highest BCUT2D eigenvalue weighted by Crippen LogP contribution is 2.40. The summed E-state index contributed by atoms with van der Waals surface area (Å²) in [5.41, 5.74) is 5.46. The summed E-state index contributed by atoms with van der Waals surface area (Å²) in [4.78, 5) is 12.2. The maximum atomic E-state index is 12.2. The monoisotopic (exact) mass is 254 g/mol. The van der Waals surface area contributed by atoms with Crippen LogP contribution in [-0.4, -0.2) is 30.7 Å². The standard InChI is InChI=1S/C14H26N2O2/c15-10-14(6-3-7-14)13(18)16-8-11-4-1-2-5-12(11)9-17/h11-12,17H,1-10,15H2,(H,16,18). The third kappa shape index (κ3) is 2.69. The van der Waals surface area contributed by atoms with Gasteiger partial charge in [0.2, 0.25) is 5.91 Å². The minimum Gasteiger partial charge on any atom is -0.396 e. The van der Waals surface area contributed by atoms with Crippen LogP contribution in [-0.2, 0) is 4.79 Å². The highest BCUT2D eigenvalue weighted by molar-refractivity contribution is 5.83. The van der Waals surface area contributed by atoms with Gasteiger partial charge in [0.1, 0.15) is 0 Å². The smallest absolute Gasteiger partial charge is 0.227 e. The van der Waals surface area contributed by atoms with Crippen molar-refractivity contribution in [2.75, 3.05) is 19.7 Å². The van der Waals surface area contributed by atoms with Gasteiger partial charge in [-0.15, -0.1) is 0 Å². The molecule has 0 aromatic rings. The van der Waals surface area contributed by atoms with Crippen LogP contribution in [0.1, 0.15) is 44.9 Å². The van der Waals surface area contributed by atoms with Crippen LogP contribution < -0.4 is 11.1 Å². The minimum absolute atomic E-state index is 0.138. The fourth-order valence-electron chi connectivity index (χ4n) is 3.33. The molecule has 2 aliphatic carbocycles. The van der Waals surface area contributed by atoms with Crippen LogP contribution in [0, 0.1) is 17.3 Å². The van der Waals surface area contributed by atoms with E-state index in [1.54, 1.807) is 0 Å². The number of nitrogens with two attached hydrogens (primary N) is 1. The Bertz CT molecular complexity index is 284. The molecular weight excluding hydrogens is 228 g/mol. The average molecular weight is 254 g/mol. The van der Waals surface area contributed by atoms with Crippen molar-refractivity contribution in [3.63, 3.8) is 0 Å². The predicted molar refractivity (Wildman–Crippen MR) is 70.9 cm³/mol. The van der Waals surface area contributed by atoms with Crippen molar-refractivity contribution in [1.29, 1.82) is 0 Å². The van der Waals surface area contributed by atoms with Crippen LogP contribution in [0.5, 0.6) is 0 Å². The molecule has 18 heavy (non-hydrogen) atoms. The Morgan fingerprint density at radius 1 is 1.22 bits per heavy atom. The van der Waals surface area contributed by atoms with Crippen LogP contribution in [0.3, 0.4) is 0 Å². The zero-order valence-electron chi connectivity index (χ0n) is 11.2. The number of rotatable bonds is 5. The molecule has 2 fully saturated rings. The van der Waals surface area contributed by atoms with Crippen molar-refractivity contribution >= 4 is 5.91 Å². The van der Waals surface area contributed by atoms with E-state index < -0.39 is 0 Å². The molecule has 0 bridgehead atoms. The molecule has 0 aromatic heterocycles. The molecule has 0 aliphatic heterocycles. The molecule has 1 amide bonds. The van der Waals surface area contributed by atoms with E-state index in [0.717, 1.165) is 32.1 Å². The van der Waals surface area contributed by atoms with E-state index in [-0.39, 0.29) is 17.9 Å². The number of nitrogens with one attached hydrogen (secondary N) is 1. The van der Waals surface area contributed by atoms with Crippen LogP contribution >= 0.6 is 0 Å². The first-order valence-electron chi connectivity index (χ1n) is 7.31. The molecule has 4 nitrogen and oxygen atoms in total. The molecule has 0 saturated heterocycles. The number of carbonyl (C=O) groups is 1. The summed E-state index contributed by atoms with van der Waals surface area (Å²) in [6, 6.07) is 0. The summed E-state index contributed by atoms with van der Waals surface area (Å²) in [6.45, 7) is 1.43. The molecule has 4 heteroatoms. The molecular formula is C14H26N2O2. The van der Waals surface area contributed by atoms with Gasteiger partial charge in [0.25, 0.3) is 0 Å². The fraction of sp³-hybridized carbons (Fsp3) is 0.929. The Morgan fingerprint density at radius 2 is 1.89 bits per heavy atom. The molecule has 2 aliphatic rings. The Balaban J connectivity index is 1.81. The lowest BCUT2D eigenvalue weighted by Crippen LogP contribution is -2.51. The average Bonchev–Trinajstić information content (AvgIpc) is 2.36. The third-order valence-electron chi connectivity index (χ3n) is 5.01. The van der Waals surface area contributed by atoms with E-state index >= 15 is 0 Å². The number of aliphatic hydroxyl groups is 1. The zero-order chi connectivity index (χ0) is 13.0. The lowest BCUT2D eigenvalue weighted by molar-refractivity contribution is -0.135. The van der Waals surface area contributed by atoms with Gasteiger partial charge in [0.15, 0.2) is 0 Å². The van der Waals surface area contributed by atoms with Gasteiger partial charge in [-0.3, -0.25) is 4.79 Å². The quantitative estimate of drug-likeness (QED) is 0.686. The van der Waals surface area contributed by atoms with Crippen molar-refractivity contribution in [3.8, 4) is 0 Å². The van der Waals surface area contributed by atoms with Gasteiger partial charge in [0.05, 0.1) is 5.41 Å². The van der Waals surface area contributed by atoms with Crippen LogP contribution in [0.25, 0.3) is 0 Å². The lowest BCUT2D eigenvalue weighted by atomic mass is 9.68. The summed E-state index contributed by atoms with van der Waals surface area (Å²) >= 11 is 0. The van der Waals surface area contributed by atoms with E-state index in [4.69, 9.17) is 5.73 Å². The zero-order valence-corrected chi connectivity index (χ0v) is 11.2. The van der Waals surface area contributed by atoms with Gasteiger partial charge in [0, 0.05) is 19.7 Å². The molecule has 4 N–H and O–H groups in total. The minimum atomic E-state index is -0.274. The molecule has 0 radical (unpaired) electrons. The number of aliphatic hydroxyl groups excluding tert-OH is 1. The van der Waals surface area contributed by atoms with Gasteiger partial charge < -0.3 is 16.2 Å². The first-order chi connectivity index (χ1) is 8.72. The first-order valence-corrected chi connectivity index (χ1v) is 7.31. The van der Waals surface area contributed by atoms with Gasteiger partial charge in [-0.25, -0.2) is 0 Å². The van der Waals surface area contributed by atoms with Crippen LogP contribution in [0.4, 0.5) is 0 Å². The summed E-state index contributed by atoms with van der Waals surface area (Å²) in [6.07, 6.45) is 7.64. The SMILES string of the molecule is NCC1(C(=O)NCC2CCCCC2CO)CCC1. The molecule has 0 spiro atoms. The lowest BCUT2D eigenvalue weighted by Gasteiger charge is -2.40. The fourth-order valence-corrected chi connectivity index (χ4v) is 3.33. The van der Waals surface area contributed by atoms with E-state index in [9.17, 15) is 9.90 Å². The number of amides is 1. The maximum absolute atomic E-state index is 12.2. The second-order valence-electron chi connectivity index (χ2n) is 6.04. The van der Waals surface area contributed by atoms with Gasteiger partial charge in [-0.2, -0.15) is 0 Å². The van der Waals surface area contributed by atoms with E-state index in [0.29, 0.717) is 24.9 Å². The topological polar surface area (TPSA) is 75.4 Å². The largest absolute Gasteiger partial charge is 0.396 e. The van der Waals surface area contributed by atoms with Crippen LogP contribution in [0.2, 0.25) is 0 Å². The van der Waals surface area contributed by atoms with E-state index in [1.165, 1.54) is 12.8 Å². The number of hydrogen-bond acceptors (Lipinski definition) is 3. The van der Waals surface area contributed by atoms with Crippen LogP contribution in [0.15, 0.2) is 0 Å². The van der Waals surface area contributed by atoms with Crippen molar-refractivity contribution in [2.45, 2.75) is 44.9 Å². The van der Waals surface area contributed by atoms with Crippen molar-refractivity contribution in [3.05, 3.63) is 0 Å². The highest BCUT2D eigenvalue weighted by Gasteiger charge is 2.42. The summed E-state index contributed by atoms with van der Waals surface area (Å²) in [5, 5.41) is 12.4. The normalized spacial score (nSPS) is 30.6. The number of hydrogen-bond donors (Lipinski definition) is 3. The summed E-state index contributed by atoms with van der Waals surface area (Å²) in [7, 11) is 0. The Labute approximate surface area is 109 Å². The molecule has 2 unspecified atom stereocenters. The Hall–Kier alpha value is -0.610. The molecule has 2 atom stereocenters. The predicted octanol–water partition coefficient (Wildman–Crippen LogP) is 1.03. The number of carbonyl (C=O) groups excluding carboxylic acids is 1. The second-order valence-corrected chi connectivity index (χ2v) is 6.04. The Kier molecular flexibility index (Phi) is 4.62. The van der Waals surface area contributed by atoms with Crippen molar-refractivity contribution < 1.29 is 9.90 Å². The molecule has 2 rings (SSSR count). The van der Waals surface area contributed by atoms with Gasteiger partial charge >= 0.3 is 0 Å². The maximum Gasteiger partial charge on any atom is 0.227 e. The van der Waals surface area contributed by atoms with E-state index in [1.807, 2.05) is 0 Å². The van der Waals surface area contributed by atoms with Crippen molar-refractivity contribution in [2.24, 2.45) is 23.0 Å². The summed E-state index contributed by atoms with van der Waals surface area (Å²) in [5.74, 6) is 0.954. The van der Waals surface area contributed by atoms with Gasteiger partial charge in [-0.05, 0) is 37.5 Å². The molecule has 2 saturated carbocycles. The van der Waals surface area contributed by atoms with Crippen molar-refractivity contribution in [1.82, 2.24) is 5.32 Å². The third-order valence-corrected chi connectivity index (χ3v) is 5.01. The summed E-state index contributed by atoms with van der Waals surface area (Å²) < 4.78 is 0. The molecule has 0 heterocycles.